The van der Waals surface area contributed by atoms with Gasteiger partial charge in [-0.3, -0.25) is 0 Å². The number of aromatic nitrogens is 2. The minimum atomic E-state index is 0.846. The lowest BCUT2D eigenvalue weighted by atomic mass is 9.99. The number of imidazole rings is 1. The van der Waals surface area contributed by atoms with E-state index in [-0.39, 0.29) is 0 Å². The van der Waals surface area contributed by atoms with Crippen molar-refractivity contribution >= 4 is 0 Å². The van der Waals surface area contributed by atoms with E-state index in [1.54, 1.807) is 0 Å². The molecule has 2 heteroatoms. The van der Waals surface area contributed by atoms with Crippen LogP contribution in [0.2, 0.25) is 0 Å². The Kier molecular flexibility index (Phi) is 1.48. The molecule has 0 amide bonds. The van der Waals surface area contributed by atoms with Crippen LogP contribution in [0.1, 0.15) is 24.9 Å². The van der Waals surface area contributed by atoms with Gasteiger partial charge in [-0.2, -0.15) is 0 Å². The topological polar surface area (TPSA) is 17.8 Å². The van der Waals surface area contributed by atoms with E-state index in [0.717, 1.165) is 5.92 Å². The molecule has 0 spiro atoms. The standard InChI is InChI=1S/C9H14N2/c1-7-3-4-11-8(2)10-6-9(11)5-7/h6-7H,3-5H2,1-2H3. The summed E-state index contributed by atoms with van der Waals surface area (Å²) < 4.78 is 2.33. The maximum Gasteiger partial charge on any atom is 0.105 e. The van der Waals surface area contributed by atoms with Crippen LogP contribution >= 0.6 is 0 Å². The number of nitrogens with zero attached hydrogens (tertiary/aromatic N) is 2. The molecule has 1 aromatic rings. The first-order chi connectivity index (χ1) is 5.27. The highest BCUT2D eigenvalue weighted by Gasteiger charge is 2.15. The van der Waals surface area contributed by atoms with E-state index in [0.29, 0.717) is 0 Å². The average molecular weight is 150 g/mol. The highest BCUT2D eigenvalue weighted by atomic mass is 15.1. The number of hydrogen-bond donors (Lipinski definition) is 0. The molecular formula is C9H14N2. The molecule has 1 aliphatic heterocycles. The summed E-state index contributed by atoms with van der Waals surface area (Å²) in [5.74, 6) is 2.02. The van der Waals surface area contributed by atoms with Crippen LogP contribution in [-0.2, 0) is 13.0 Å². The Morgan fingerprint density at radius 3 is 3.27 bits per heavy atom. The first-order valence-electron chi connectivity index (χ1n) is 4.28. The van der Waals surface area contributed by atoms with Crippen molar-refractivity contribution in [2.45, 2.75) is 33.2 Å². The van der Waals surface area contributed by atoms with Gasteiger partial charge in [0.15, 0.2) is 0 Å². The van der Waals surface area contributed by atoms with Crippen LogP contribution in [0, 0.1) is 12.8 Å². The first-order valence-corrected chi connectivity index (χ1v) is 4.28. The molecule has 0 fully saturated rings. The fraction of sp³-hybridized carbons (Fsp3) is 0.667. The molecule has 1 atom stereocenters. The minimum absolute atomic E-state index is 0.846. The van der Waals surface area contributed by atoms with E-state index in [2.05, 4.69) is 23.4 Å². The molecule has 2 heterocycles. The largest absolute Gasteiger partial charge is 0.332 e. The van der Waals surface area contributed by atoms with Gasteiger partial charge in [0.25, 0.3) is 0 Å². The molecule has 0 bridgehead atoms. The Bertz CT molecular complexity index is 263. The highest BCUT2D eigenvalue weighted by Crippen LogP contribution is 2.20. The van der Waals surface area contributed by atoms with E-state index in [1.165, 1.54) is 30.9 Å². The Hall–Kier alpha value is -0.790. The predicted octanol–water partition coefficient (Wildman–Crippen LogP) is 1.77. The van der Waals surface area contributed by atoms with Crippen molar-refractivity contribution in [2.24, 2.45) is 5.92 Å². The summed E-state index contributed by atoms with van der Waals surface area (Å²) in [5, 5.41) is 0. The zero-order valence-corrected chi connectivity index (χ0v) is 7.17. The fourth-order valence-corrected chi connectivity index (χ4v) is 1.79. The molecule has 2 nitrogen and oxygen atoms in total. The molecule has 11 heavy (non-hydrogen) atoms. The van der Waals surface area contributed by atoms with Gasteiger partial charge < -0.3 is 4.57 Å². The second kappa shape index (κ2) is 2.36. The lowest BCUT2D eigenvalue weighted by Gasteiger charge is -2.20. The summed E-state index contributed by atoms with van der Waals surface area (Å²) in [7, 11) is 0. The maximum atomic E-state index is 4.30. The lowest BCUT2D eigenvalue weighted by Crippen LogP contribution is -2.17. The zero-order chi connectivity index (χ0) is 7.84. The van der Waals surface area contributed by atoms with E-state index in [4.69, 9.17) is 0 Å². The van der Waals surface area contributed by atoms with Crippen LogP contribution in [-0.4, -0.2) is 9.55 Å². The third-order valence-corrected chi connectivity index (χ3v) is 2.54. The summed E-state index contributed by atoms with van der Waals surface area (Å²) >= 11 is 0. The van der Waals surface area contributed by atoms with Gasteiger partial charge in [0.2, 0.25) is 0 Å². The van der Waals surface area contributed by atoms with Crippen LogP contribution in [0.5, 0.6) is 0 Å². The highest BCUT2D eigenvalue weighted by molar-refractivity contribution is 5.07. The van der Waals surface area contributed by atoms with Crippen LogP contribution in [0.15, 0.2) is 6.20 Å². The number of rotatable bonds is 0. The van der Waals surface area contributed by atoms with E-state index >= 15 is 0 Å². The van der Waals surface area contributed by atoms with Gasteiger partial charge >= 0.3 is 0 Å². The molecule has 1 unspecified atom stereocenters. The van der Waals surface area contributed by atoms with Crippen LogP contribution in [0.4, 0.5) is 0 Å². The Labute approximate surface area is 67.3 Å². The van der Waals surface area contributed by atoms with Crippen molar-refractivity contribution in [3.05, 3.63) is 17.7 Å². The van der Waals surface area contributed by atoms with Crippen molar-refractivity contribution < 1.29 is 0 Å². The summed E-state index contributed by atoms with van der Waals surface area (Å²) in [6, 6.07) is 0. The first kappa shape index (κ1) is 6.89. The molecule has 0 saturated heterocycles. The van der Waals surface area contributed by atoms with Crippen LogP contribution in [0.25, 0.3) is 0 Å². The Morgan fingerprint density at radius 1 is 1.64 bits per heavy atom. The van der Waals surface area contributed by atoms with Crippen molar-refractivity contribution in [1.82, 2.24) is 9.55 Å². The number of hydrogen-bond acceptors (Lipinski definition) is 1. The molecule has 0 radical (unpaired) electrons. The third-order valence-electron chi connectivity index (χ3n) is 2.54. The van der Waals surface area contributed by atoms with Gasteiger partial charge in [-0.05, 0) is 25.7 Å². The fourth-order valence-electron chi connectivity index (χ4n) is 1.79. The predicted molar refractivity (Wildman–Crippen MR) is 44.4 cm³/mol. The van der Waals surface area contributed by atoms with Crippen molar-refractivity contribution in [3.8, 4) is 0 Å². The summed E-state index contributed by atoms with van der Waals surface area (Å²) in [6.07, 6.45) is 4.54. The quantitative estimate of drug-likeness (QED) is 0.551. The molecular weight excluding hydrogens is 136 g/mol. The SMILES string of the molecule is Cc1ncc2n1CCC(C)C2. The molecule has 0 N–H and O–H groups in total. The van der Waals surface area contributed by atoms with Gasteiger partial charge in [0, 0.05) is 18.4 Å². The molecule has 0 saturated carbocycles. The van der Waals surface area contributed by atoms with Gasteiger partial charge in [0.1, 0.15) is 5.82 Å². The van der Waals surface area contributed by atoms with Crippen LogP contribution < -0.4 is 0 Å². The van der Waals surface area contributed by atoms with E-state index in [1.807, 2.05) is 6.20 Å². The molecule has 1 aliphatic rings. The molecule has 0 aromatic carbocycles. The van der Waals surface area contributed by atoms with Gasteiger partial charge in [0.05, 0.1) is 0 Å². The smallest absolute Gasteiger partial charge is 0.105 e. The summed E-state index contributed by atoms with van der Waals surface area (Å²) in [6.45, 7) is 5.56. The van der Waals surface area contributed by atoms with E-state index < -0.39 is 0 Å². The summed E-state index contributed by atoms with van der Waals surface area (Å²) in [4.78, 5) is 4.30. The maximum absolute atomic E-state index is 4.30. The van der Waals surface area contributed by atoms with E-state index in [9.17, 15) is 0 Å². The number of aryl methyl sites for hydroxylation is 1. The molecule has 1 aromatic heterocycles. The second-order valence-electron chi connectivity index (χ2n) is 3.55. The second-order valence-corrected chi connectivity index (χ2v) is 3.55. The Balaban J connectivity index is 2.36. The molecule has 0 aliphatic carbocycles. The van der Waals surface area contributed by atoms with Crippen molar-refractivity contribution in [1.29, 1.82) is 0 Å². The van der Waals surface area contributed by atoms with Crippen molar-refractivity contribution in [3.63, 3.8) is 0 Å². The third kappa shape index (κ3) is 1.06. The van der Waals surface area contributed by atoms with Gasteiger partial charge in [-0.25, -0.2) is 4.98 Å². The molecule has 2 rings (SSSR count). The van der Waals surface area contributed by atoms with Crippen LogP contribution in [0.3, 0.4) is 0 Å². The molecule has 60 valence electrons. The average Bonchev–Trinajstić information content (AvgIpc) is 2.32. The minimum Gasteiger partial charge on any atom is -0.332 e. The van der Waals surface area contributed by atoms with Crippen molar-refractivity contribution in [2.75, 3.05) is 0 Å². The lowest BCUT2D eigenvalue weighted by molar-refractivity contribution is 0.412. The monoisotopic (exact) mass is 150 g/mol. The zero-order valence-electron chi connectivity index (χ0n) is 7.17. The van der Waals surface area contributed by atoms with Gasteiger partial charge in [-0.15, -0.1) is 0 Å². The normalized spacial score (nSPS) is 23.3. The Morgan fingerprint density at radius 2 is 2.45 bits per heavy atom. The summed E-state index contributed by atoms with van der Waals surface area (Å²) in [5.41, 5.74) is 1.42. The van der Waals surface area contributed by atoms with Gasteiger partial charge in [-0.1, -0.05) is 6.92 Å². The number of fused-ring (bicyclic) bond motifs is 1.